The average molecular weight is 276 g/mol. The van der Waals surface area contributed by atoms with E-state index in [9.17, 15) is 13.6 Å². The van der Waals surface area contributed by atoms with E-state index in [0.29, 0.717) is 12.4 Å². The van der Waals surface area contributed by atoms with Gasteiger partial charge in [-0.2, -0.15) is 0 Å². The van der Waals surface area contributed by atoms with Gasteiger partial charge in [0.25, 0.3) is 0 Å². The van der Waals surface area contributed by atoms with E-state index < -0.39 is 17.4 Å². The van der Waals surface area contributed by atoms with Gasteiger partial charge in [0, 0.05) is 5.56 Å². The van der Waals surface area contributed by atoms with Crippen molar-refractivity contribution in [1.29, 1.82) is 0 Å². The molecule has 0 aliphatic carbocycles. The van der Waals surface area contributed by atoms with Crippen molar-refractivity contribution in [1.82, 2.24) is 0 Å². The standard InChI is InChI=1S/C16H14F2O2/c1-2-8-20-13-5-3-4-11(9-13)16(19)14-10-12(17)6-7-15(14)18/h3-7,9-10H,2,8H2,1H3. The van der Waals surface area contributed by atoms with Crippen molar-refractivity contribution >= 4 is 5.78 Å². The van der Waals surface area contributed by atoms with E-state index in [2.05, 4.69) is 0 Å². The zero-order chi connectivity index (χ0) is 14.5. The molecule has 0 radical (unpaired) electrons. The van der Waals surface area contributed by atoms with E-state index in [-0.39, 0.29) is 11.1 Å². The molecule has 0 heterocycles. The van der Waals surface area contributed by atoms with Crippen LogP contribution in [0.1, 0.15) is 29.3 Å². The number of carbonyl (C=O) groups excluding carboxylic acids is 1. The van der Waals surface area contributed by atoms with Crippen molar-refractivity contribution in [3.8, 4) is 5.75 Å². The van der Waals surface area contributed by atoms with Gasteiger partial charge in [-0.25, -0.2) is 8.78 Å². The van der Waals surface area contributed by atoms with Gasteiger partial charge in [0.15, 0.2) is 5.78 Å². The van der Waals surface area contributed by atoms with E-state index >= 15 is 0 Å². The highest BCUT2D eigenvalue weighted by molar-refractivity contribution is 6.09. The average Bonchev–Trinajstić information content (AvgIpc) is 2.47. The van der Waals surface area contributed by atoms with Crippen LogP contribution in [0.5, 0.6) is 5.75 Å². The summed E-state index contributed by atoms with van der Waals surface area (Å²) in [6.07, 6.45) is 0.844. The van der Waals surface area contributed by atoms with Crippen LogP contribution in [0.2, 0.25) is 0 Å². The molecule has 0 N–H and O–H groups in total. The van der Waals surface area contributed by atoms with Gasteiger partial charge in [0.05, 0.1) is 12.2 Å². The fraction of sp³-hybridized carbons (Fsp3) is 0.188. The highest BCUT2D eigenvalue weighted by Crippen LogP contribution is 2.19. The van der Waals surface area contributed by atoms with Crippen molar-refractivity contribution < 1.29 is 18.3 Å². The molecule has 20 heavy (non-hydrogen) atoms. The lowest BCUT2D eigenvalue weighted by atomic mass is 10.0. The third kappa shape index (κ3) is 3.20. The first kappa shape index (κ1) is 14.2. The Balaban J connectivity index is 2.31. The summed E-state index contributed by atoms with van der Waals surface area (Å²) in [5, 5.41) is 0. The van der Waals surface area contributed by atoms with E-state index in [0.717, 1.165) is 24.6 Å². The predicted molar refractivity (Wildman–Crippen MR) is 72.0 cm³/mol. The number of ether oxygens (including phenoxy) is 1. The van der Waals surface area contributed by atoms with Gasteiger partial charge in [-0.15, -0.1) is 0 Å². The summed E-state index contributed by atoms with van der Waals surface area (Å²) in [5.74, 6) is -1.41. The van der Waals surface area contributed by atoms with Gasteiger partial charge in [-0.1, -0.05) is 19.1 Å². The van der Waals surface area contributed by atoms with Gasteiger partial charge in [-0.3, -0.25) is 4.79 Å². The second kappa shape index (κ2) is 6.28. The Morgan fingerprint density at radius 1 is 1.15 bits per heavy atom. The minimum absolute atomic E-state index is 0.267. The van der Waals surface area contributed by atoms with Crippen LogP contribution in [0.15, 0.2) is 42.5 Å². The molecule has 2 aromatic carbocycles. The Kier molecular flexibility index (Phi) is 4.45. The zero-order valence-corrected chi connectivity index (χ0v) is 11.0. The third-order valence-corrected chi connectivity index (χ3v) is 2.74. The van der Waals surface area contributed by atoms with Gasteiger partial charge in [-0.05, 0) is 36.8 Å². The number of halogens is 2. The van der Waals surface area contributed by atoms with Gasteiger partial charge < -0.3 is 4.74 Å². The molecule has 4 heteroatoms. The number of rotatable bonds is 5. The van der Waals surface area contributed by atoms with Crippen molar-refractivity contribution in [3.63, 3.8) is 0 Å². The minimum atomic E-state index is -0.740. The first-order chi connectivity index (χ1) is 9.61. The Morgan fingerprint density at radius 2 is 1.95 bits per heavy atom. The molecule has 0 fully saturated rings. The molecule has 0 aliphatic heterocycles. The van der Waals surface area contributed by atoms with Crippen LogP contribution < -0.4 is 4.74 Å². The maximum atomic E-state index is 13.6. The van der Waals surface area contributed by atoms with Crippen LogP contribution in [0.4, 0.5) is 8.78 Å². The van der Waals surface area contributed by atoms with Crippen LogP contribution in [0.3, 0.4) is 0 Å². The monoisotopic (exact) mass is 276 g/mol. The van der Waals surface area contributed by atoms with Crippen molar-refractivity contribution in [2.75, 3.05) is 6.61 Å². The highest BCUT2D eigenvalue weighted by Gasteiger charge is 2.15. The topological polar surface area (TPSA) is 26.3 Å². The summed E-state index contributed by atoms with van der Waals surface area (Å²) in [6, 6.07) is 9.27. The molecule has 104 valence electrons. The van der Waals surface area contributed by atoms with Gasteiger partial charge in [0.2, 0.25) is 0 Å². The van der Waals surface area contributed by atoms with Crippen LogP contribution in [-0.2, 0) is 0 Å². The molecule has 0 bridgehead atoms. The Labute approximate surface area is 116 Å². The Bertz CT molecular complexity index is 624. The summed E-state index contributed by atoms with van der Waals surface area (Å²) < 4.78 is 32.1. The zero-order valence-electron chi connectivity index (χ0n) is 11.0. The third-order valence-electron chi connectivity index (χ3n) is 2.74. The summed E-state index contributed by atoms with van der Waals surface area (Å²) in [5.41, 5.74) is -0.0132. The van der Waals surface area contributed by atoms with E-state index in [1.165, 1.54) is 6.07 Å². The van der Waals surface area contributed by atoms with E-state index in [4.69, 9.17) is 4.74 Å². The molecule has 0 aliphatic rings. The summed E-state index contributed by atoms with van der Waals surface area (Å²) in [6.45, 7) is 2.50. The predicted octanol–water partition coefficient (Wildman–Crippen LogP) is 3.98. The molecule has 0 atom stereocenters. The minimum Gasteiger partial charge on any atom is -0.494 e. The molecule has 0 saturated heterocycles. The number of carbonyl (C=O) groups is 1. The van der Waals surface area contributed by atoms with Crippen molar-refractivity contribution in [3.05, 3.63) is 65.2 Å². The number of benzene rings is 2. The largest absolute Gasteiger partial charge is 0.494 e. The van der Waals surface area contributed by atoms with Gasteiger partial charge in [0.1, 0.15) is 17.4 Å². The highest BCUT2D eigenvalue weighted by atomic mass is 19.1. The molecule has 2 aromatic rings. The maximum Gasteiger partial charge on any atom is 0.196 e. The SMILES string of the molecule is CCCOc1cccc(C(=O)c2cc(F)ccc2F)c1. The number of hydrogen-bond acceptors (Lipinski definition) is 2. The molecular formula is C16H14F2O2. The van der Waals surface area contributed by atoms with E-state index in [1.54, 1.807) is 18.2 Å². The second-order valence-electron chi connectivity index (χ2n) is 4.33. The summed E-state index contributed by atoms with van der Waals surface area (Å²) >= 11 is 0. The van der Waals surface area contributed by atoms with Crippen molar-refractivity contribution in [2.45, 2.75) is 13.3 Å². The lowest BCUT2D eigenvalue weighted by Crippen LogP contribution is -2.05. The fourth-order valence-corrected chi connectivity index (χ4v) is 1.77. The van der Waals surface area contributed by atoms with Crippen molar-refractivity contribution in [2.24, 2.45) is 0 Å². The van der Waals surface area contributed by atoms with Crippen LogP contribution in [-0.4, -0.2) is 12.4 Å². The van der Waals surface area contributed by atoms with E-state index in [1.807, 2.05) is 6.92 Å². The molecule has 0 unspecified atom stereocenters. The molecular weight excluding hydrogens is 262 g/mol. The molecule has 2 nitrogen and oxygen atoms in total. The smallest absolute Gasteiger partial charge is 0.196 e. The lowest BCUT2D eigenvalue weighted by molar-refractivity contribution is 0.103. The first-order valence-corrected chi connectivity index (χ1v) is 6.34. The normalized spacial score (nSPS) is 10.3. The maximum absolute atomic E-state index is 13.6. The van der Waals surface area contributed by atoms with Crippen LogP contribution in [0.25, 0.3) is 0 Å². The molecule has 0 aromatic heterocycles. The van der Waals surface area contributed by atoms with Crippen LogP contribution >= 0.6 is 0 Å². The Morgan fingerprint density at radius 3 is 2.70 bits per heavy atom. The summed E-state index contributed by atoms with van der Waals surface area (Å²) in [4.78, 5) is 12.2. The van der Waals surface area contributed by atoms with Gasteiger partial charge >= 0.3 is 0 Å². The quantitative estimate of drug-likeness (QED) is 0.772. The summed E-state index contributed by atoms with van der Waals surface area (Å²) in [7, 11) is 0. The number of ketones is 1. The molecule has 0 saturated carbocycles. The lowest BCUT2D eigenvalue weighted by Gasteiger charge is -2.07. The first-order valence-electron chi connectivity index (χ1n) is 6.34. The fourth-order valence-electron chi connectivity index (χ4n) is 1.77. The Hall–Kier alpha value is -2.23. The molecule has 2 rings (SSSR count). The van der Waals surface area contributed by atoms with Crippen LogP contribution in [0, 0.1) is 11.6 Å². The second-order valence-corrected chi connectivity index (χ2v) is 4.33. The number of hydrogen-bond donors (Lipinski definition) is 0. The molecule has 0 spiro atoms. The molecule has 0 amide bonds.